The van der Waals surface area contributed by atoms with Gasteiger partial charge >= 0.3 is 0 Å². The van der Waals surface area contributed by atoms with Gasteiger partial charge in [0.15, 0.2) is 5.65 Å². The van der Waals surface area contributed by atoms with E-state index in [2.05, 4.69) is 46.3 Å². The fraction of sp³-hybridized carbons (Fsp3) is 0.556. The number of anilines is 1. The molecule has 0 amide bonds. The Morgan fingerprint density at radius 2 is 2.04 bits per heavy atom. The molecule has 0 bridgehead atoms. The van der Waals surface area contributed by atoms with E-state index in [-0.39, 0.29) is 17.7 Å². The van der Waals surface area contributed by atoms with Crippen LogP contribution in [0.25, 0.3) is 11.0 Å². The van der Waals surface area contributed by atoms with Gasteiger partial charge in [-0.1, -0.05) is 0 Å². The molecule has 1 aliphatic rings. The van der Waals surface area contributed by atoms with Gasteiger partial charge in [-0.15, -0.1) is 0 Å². The molecule has 8 nitrogen and oxygen atoms in total. The van der Waals surface area contributed by atoms with Gasteiger partial charge in [0.05, 0.1) is 29.4 Å². The lowest BCUT2D eigenvalue weighted by molar-refractivity contribution is 0.00555. The highest BCUT2D eigenvalue weighted by atomic mass is 16.5. The number of hydrogen-bond acceptors (Lipinski definition) is 6. The van der Waals surface area contributed by atoms with Crippen molar-refractivity contribution in [2.45, 2.75) is 51.3 Å². The molecule has 4 heterocycles. The minimum atomic E-state index is -0.139. The molecule has 1 aliphatic heterocycles. The van der Waals surface area contributed by atoms with Crippen molar-refractivity contribution in [2.75, 3.05) is 11.9 Å². The van der Waals surface area contributed by atoms with E-state index in [1.165, 1.54) is 0 Å². The lowest BCUT2D eigenvalue weighted by Gasteiger charge is -2.32. The van der Waals surface area contributed by atoms with E-state index in [1.54, 1.807) is 11.0 Å². The molecule has 0 radical (unpaired) electrons. The smallest absolute Gasteiger partial charge is 0.163 e. The molecule has 3 aromatic heterocycles. The highest BCUT2D eigenvalue weighted by molar-refractivity contribution is 5.86. The molecule has 0 aliphatic carbocycles. The van der Waals surface area contributed by atoms with E-state index in [0.29, 0.717) is 0 Å². The van der Waals surface area contributed by atoms with E-state index in [0.717, 1.165) is 41.9 Å². The van der Waals surface area contributed by atoms with Crippen LogP contribution in [0, 0.1) is 0 Å². The van der Waals surface area contributed by atoms with Crippen molar-refractivity contribution in [3.05, 3.63) is 30.5 Å². The Kier molecular flexibility index (Phi) is 4.14. The molecule has 0 spiro atoms. The second-order valence-corrected chi connectivity index (χ2v) is 7.82. The number of nitrogens with one attached hydrogen (secondary N) is 1. The molecule has 8 heteroatoms. The lowest BCUT2D eigenvalue weighted by Crippen LogP contribution is -2.34. The highest BCUT2D eigenvalue weighted by Crippen LogP contribution is 2.32. The molecule has 2 atom stereocenters. The minimum absolute atomic E-state index is 0.0415. The summed E-state index contributed by atoms with van der Waals surface area (Å²) in [5.74, 6) is 0.801. The van der Waals surface area contributed by atoms with Crippen LogP contribution in [0.15, 0.2) is 24.9 Å². The molecular formula is C18H25N7O. The molecule has 26 heavy (non-hydrogen) atoms. The van der Waals surface area contributed by atoms with Crippen LogP contribution in [-0.2, 0) is 17.3 Å². The molecule has 0 saturated carbocycles. The van der Waals surface area contributed by atoms with Gasteiger partial charge in [-0.2, -0.15) is 10.2 Å². The Balaban J connectivity index is 1.66. The van der Waals surface area contributed by atoms with Crippen molar-refractivity contribution in [3.63, 3.8) is 0 Å². The molecule has 0 aromatic carbocycles. The third-order valence-corrected chi connectivity index (χ3v) is 4.70. The van der Waals surface area contributed by atoms with Gasteiger partial charge in [0.1, 0.15) is 18.2 Å². The maximum absolute atomic E-state index is 6.05. The van der Waals surface area contributed by atoms with E-state index in [1.807, 2.05) is 30.3 Å². The Morgan fingerprint density at radius 1 is 1.19 bits per heavy atom. The molecule has 1 fully saturated rings. The zero-order valence-electron chi connectivity index (χ0n) is 15.7. The van der Waals surface area contributed by atoms with Gasteiger partial charge in [-0.25, -0.2) is 14.6 Å². The molecule has 1 N–H and O–H groups in total. The van der Waals surface area contributed by atoms with Crippen molar-refractivity contribution in [2.24, 2.45) is 7.05 Å². The fourth-order valence-electron chi connectivity index (χ4n) is 3.47. The highest BCUT2D eigenvalue weighted by Gasteiger charge is 2.29. The number of fused-ring (bicyclic) bond motifs is 1. The number of hydrogen-bond donors (Lipinski definition) is 1. The van der Waals surface area contributed by atoms with Gasteiger partial charge in [0.2, 0.25) is 0 Å². The summed E-state index contributed by atoms with van der Waals surface area (Å²) in [4.78, 5) is 8.92. The van der Waals surface area contributed by atoms with Crippen LogP contribution in [0.2, 0.25) is 0 Å². The third kappa shape index (κ3) is 3.05. The first-order valence-corrected chi connectivity index (χ1v) is 8.99. The van der Waals surface area contributed by atoms with Crippen molar-refractivity contribution in [1.82, 2.24) is 29.5 Å². The summed E-state index contributed by atoms with van der Waals surface area (Å²) in [6, 6.07) is 0.129. The van der Waals surface area contributed by atoms with Crippen LogP contribution < -0.4 is 5.32 Å². The normalized spacial score (nSPS) is 21.2. The standard InChI is InChI=1S/C18H25N7O/c1-18(2,3)25-17-13(9-22-25)16(19-11-20-17)23-14-6-5-7-26-15(14)12-8-21-24(4)10-12/h8-11,14-15H,5-7H2,1-4H3,(H,19,20,23)/t14-,15+/m0/s1. The first-order valence-electron chi connectivity index (χ1n) is 8.99. The molecule has 138 valence electrons. The predicted octanol–water partition coefficient (Wildman–Crippen LogP) is 2.65. The van der Waals surface area contributed by atoms with Gasteiger partial charge < -0.3 is 10.1 Å². The summed E-state index contributed by atoms with van der Waals surface area (Å²) in [7, 11) is 1.92. The Labute approximate surface area is 152 Å². The zero-order chi connectivity index (χ0) is 18.3. The Hall–Kier alpha value is -2.48. The van der Waals surface area contributed by atoms with Crippen LogP contribution in [0.1, 0.15) is 45.3 Å². The van der Waals surface area contributed by atoms with Crippen molar-refractivity contribution >= 4 is 16.9 Å². The quantitative estimate of drug-likeness (QED) is 0.778. The number of ether oxygens (including phenoxy) is 1. The van der Waals surface area contributed by atoms with E-state index < -0.39 is 0 Å². The summed E-state index contributed by atoms with van der Waals surface area (Å²) in [6.07, 6.45) is 9.31. The van der Waals surface area contributed by atoms with Crippen LogP contribution in [0.5, 0.6) is 0 Å². The van der Waals surface area contributed by atoms with Gasteiger partial charge in [0.25, 0.3) is 0 Å². The zero-order valence-corrected chi connectivity index (χ0v) is 15.7. The van der Waals surface area contributed by atoms with Gasteiger partial charge in [-0.3, -0.25) is 4.68 Å². The SMILES string of the molecule is Cn1cc([C@H]2OCCC[C@@H]2Nc2ncnc3c2cnn3C(C)(C)C)cn1. The second kappa shape index (κ2) is 6.35. The summed E-state index contributed by atoms with van der Waals surface area (Å²) < 4.78 is 9.80. The van der Waals surface area contributed by atoms with Gasteiger partial charge in [-0.05, 0) is 33.6 Å². The summed E-state index contributed by atoms with van der Waals surface area (Å²) in [6.45, 7) is 7.10. The first kappa shape index (κ1) is 17.0. The number of rotatable bonds is 3. The van der Waals surface area contributed by atoms with Crippen LogP contribution >= 0.6 is 0 Å². The van der Waals surface area contributed by atoms with Crippen LogP contribution in [0.3, 0.4) is 0 Å². The Bertz CT molecular complexity index is 908. The number of nitrogens with zero attached hydrogens (tertiary/aromatic N) is 6. The maximum Gasteiger partial charge on any atom is 0.163 e. The summed E-state index contributed by atoms with van der Waals surface area (Å²) >= 11 is 0. The molecule has 1 saturated heterocycles. The third-order valence-electron chi connectivity index (χ3n) is 4.70. The number of aromatic nitrogens is 6. The molecule has 3 aromatic rings. The van der Waals surface area contributed by atoms with E-state index in [9.17, 15) is 0 Å². The monoisotopic (exact) mass is 355 g/mol. The molecule has 4 rings (SSSR count). The van der Waals surface area contributed by atoms with Crippen molar-refractivity contribution < 1.29 is 4.74 Å². The largest absolute Gasteiger partial charge is 0.371 e. The second-order valence-electron chi connectivity index (χ2n) is 7.82. The van der Waals surface area contributed by atoms with Crippen molar-refractivity contribution in [1.29, 1.82) is 0 Å². The predicted molar refractivity (Wildman–Crippen MR) is 98.9 cm³/mol. The number of aryl methyl sites for hydroxylation is 1. The minimum Gasteiger partial charge on any atom is -0.371 e. The molecular weight excluding hydrogens is 330 g/mol. The topological polar surface area (TPSA) is 82.7 Å². The van der Waals surface area contributed by atoms with E-state index in [4.69, 9.17) is 4.74 Å². The maximum atomic E-state index is 6.05. The summed E-state index contributed by atoms with van der Waals surface area (Å²) in [5.41, 5.74) is 1.78. The fourth-order valence-corrected chi connectivity index (χ4v) is 3.47. The average Bonchev–Trinajstić information content (AvgIpc) is 3.22. The van der Waals surface area contributed by atoms with Crippen molar-refractivity contribution in [3.8, 4) is 0 Å². The summed E-state index contributed by atoms with van der Waals surface area (Å²) in [5, 5.41) is 13.3. The van der Waals surface area contributed by atoms with Crippen LogP contribution in [0.4, 0.5) is 5.82 Å². The van der Waals surface area contributed by atoms with E-state index >= 15 is 0 Å². The average molecular weight is 355 g/mol. The van der Waals surface area contributed by atoms with Crippen LogP contribution in [-0.4, -0.2) is 42.2 Å². The van der Waals surface area contributed by atoms with Gasteiger partial charge in [0, 0.05) is 25.4 Å². The molecule has 0 unspecified atom stereocenters. The lowest BCUT2D eigenvalue weighted by atomic mass is 9.98. The first-order chi connectivity index (χ1) is 12.4. The Morgan fingerprint density at radius 3 is 2.77 bits per heavy atom.